The number of fused-ring (bicyclic) bond motifs is 1. The number of nitrogens with zero attached hydrogens (tertiary/aromatic N) is 4. The summed E-state index contributed by atoms with van der Waals surface area (Å²) in [7, 11) is -3.92. The summed E-state index contributed by atoms with van der Waals surface area (Å²) >= 11 is 0. The van der Waals surface area contributed by atoms with Crippen molar-refractivity contribution in [3.63, 3.8) is 0 Å². The van der Waals surface area contributed by atoms with Crippen molar-refractivity contribution in [1.82, 2.24) is 14.8 Å². The molecule has 0 unspecified atom stereocenters. The normalized spacial score (nSPS) is 15.2. The second-order valence-electron chi connectivity index (χ2n) is 8.36. The van der Waals surface area contributed by atoms with Gasteiger partial charge in [-0.15, -0.1) is 0 Å². The molecule has 1 N–H and O–H groups in total. The number of allylic oxidation sites excluding steroid dienone is 1. The number of hydrogen-bond acceptors (Lipinski definition) is 6. The zero-order chi connectivity index (χ0) is 25.8. The highest BCUT2D eigenvalue weighted by atomic mass is 32.2. The Balaban J connectivity index is 1.27. The standard InChI is InChI=1S/C27H21N5O4S/c33-26(31-16-5-17-32(19-18-31)27(34)24-8-1-2-14-28-24)21-10-12-22(13-11-21)37(35,36)30-23-9-3-6-20-7-4-15-29-25(20)23/h2-3,6,9-15,30H,5,16-19H2. The number of carbonyl (C=O) groups excluding carboxylic acids is 2. The number of sulfonamides is 1. The molecule has 2 aliphatic rings. The first kappa shape index (κ1) is 24.0. The molecule has 0 radical (unpaired) electrons. The van der Waals surface area contributed by atoms with Gasteiger partial charge in [-0.3, -0.25) is 14.3 Å². The fraction of sp³-hybridized carbons (Fsp3) is 0.185. The summed E-state index contributed by atoms with van der Waals surface area (Å²) in [5.41, 5.74) is 6.80. The van der Waals surface area contributed by atoms with Crippen molar-refractivity contribution in [1.29, 1.82) is 0 Å². The third-order valence-corrected chi connectivity index (χ3v) is 7.36. The van der Waals surface area contributed by atoms with Crippen LogP contribution in [-0.2, 0) is 14.8 Å². The molecule has 3 heterocycles. The fourth-order valence-electron chi connectivity index (χ4n) is 4.11. The number of aromatic nitrogens is 1. The number of rotatable bonds is 5. The van der Waals surface area contributed by atoms with Gasteiger partial charge < -0.3 is 9.80 Å². The Kier molecular flexibility index (Phi) is 6.59. The van der Waals surface area contributed by atoms with E-state index in [4.69, 9.17) is 0 Å². The SMILES string of the molecule is O=C(C1=C=C=CC=N1)N1CCCN(C(=O)c2ccc(S(=O)(=O)Nc3cccc4c#ccnc34)cc2)CC1. The van der Waals surface area contributed by atoms with Crippen LogP contribution in [0.1, 0.15) is 16.8 Å². The van der Waals surface area contributed by atoms with E-state index in [2.05, 4.69) is 38.3 Å². The van der Waals surface area contributed by atoms with Crippen molar-refractivity contribution in [3.05, 3.63) is 89.6 Å². The Morgan fingerprint density at radius 2 is 1.70 bits per heavy atom. The Labute approximate surface area is 214 Å². The van der Waals surface area contributed by atoms with Crippen LogP contribution in [0.15, 0.2) is 81.8 Å². The smallest absolute Gasteiger partial charge is 0.281 e. The van der Waals surface area contributed by atoms with E-state index in [0.29, 0.717) is 54.8 Å². The van der Waals surface area contributed by atoms with Crippen molar-refractivity contribution in [2.45, 2.75) is 11.3 Å². The number of amides is 2. The monoisotopic (exact) mass is 511 g/mol. The maximum absolute atomic E-state index is 13.1. The molecule has 0 aliphatic carbocycles. The molecule has 0 atom stereocenters. The van der Waals surface area contributed by atoms with Crippen LogP contribution in [0.3, 0.4) is 0 Å². The highest BCUT2D eigenvalue weighted by Gasteiger charge is 2.25. The molecular formula is C27H21N5O4S. The van der Waals surface area contributed by atoms with Gasteiger partial charge in [-0.05, 0) is 54.6 Å². The van der Waals surface area contributed by atoms with Gasteiger partial charge in [0.2, 0.25) is 0 Å². The Morgan fingerprint density at radius 1 is 0.946 bits per heavy atom. The molecule has 37 heavy (non-hydrogen) atoms. The summed E-state index contributed by atoms with van der Waals surface area (Å²) < 4.78 is 28.5. The number of carbonyl (C=O) groups is 2. The fourth-order valence-corrected chi connectivity index (χ4v) is 5.18. The zero-order valence-electron chi connectivity index (χ0n) is 19.6. The van der Waals surface area contributed by atoms with Crippen LogP contribution in [0.2, 0.25) is 0 Å². The summed E-state index contributed by atoms with van der Waals surface area (Å²) in [5, 5.41) is 0.637. The lowest BCUT2D eigenvalue weighted by Gasteiger charge is -2.22. The second kappa shape index (κ2) is 10.1. The van der Waals surface area contributed by atoms with Crippen LogP contribution in [0.4, 0.5) is 5.69 Å². The minimum atomic E-state index is -3.92. The summed E-state index contributed by atoms with van der Waals surface area (Å²) in [4.78, 5) is 37.4. The average Bonchev–Trinajstić information content (AvgIpc) is 3.19. The summed E-state index contributed by atoms with van der Waals surface area (Å²) in [6.07, 6.45) is 5.10. The van der Waals surface area contributed by atoms with E-state index in [1.54, 1.807) is 34.1 Å². The van der Waals surface area contributed by atoms with E-state index in [1.165, 1.54) is 36.7 Å². The summed E-state index contributed by atoms with van der Waals surface area (Å²) in [5.74, 6) is -0.473. The lowest BCUT2D eigenvalue weighted by Crippen LogP contribution is -2.37. The molecule has 2 amide bonds. The van der Waals surface area contributed by atoms with Gasteiger partial charge in [0.15, 0.2) is 5.70 Å². The van der Waals surface area contributed by atoms with Crippen molar-refractivity contribution in [2.24, 2.45) is 4.99 Å². The molecule has 1 aromatic heterocycles. The highest BCUT2D eigenvalue weighted by molar-refractivity contribution is 7.92. The summed E-state index contributed by atoms with van der Waals surface area (Å²) in [6.45, 7) is 1.68. The van der Waals surface area contributed by atoms with Gasteiger partial charge in [0, 0.05) is 44.0 Å². The van der Waals surface area contributed by atoms with Crippen LogP contribution >= 0.6 is 0 Å². The lowest BCUT2D eigenvalue weighted by molar-refractivity contribution is -0.127. The van der Waals surface area contributed by atoms with E-state index in [1.807, 2.05) is 0 Å². The van der Waals surface area contributed by atoms with Gasteiger partial charge in [-0.25, -0.2) is 18.4 Å². The van der Waals surface area contributed by atoms with Crippen LogP contribution in [0, 0.1) is 12.1 Å². The van der Waals surface area contributed by atoms with Gasteiger partial charge in [0.1, 0.15) is 5.52 Å². The van der Waals surface area contributed by atoms with Gasteiger partial charge in [-0.1, -0.05) is 17.9 Å². The quantitative estimate of drug-likeness (QED) is 0.530. The van der Waals surface area contributed by atoms with Gasteiger partial charge >= 0.3 is 0 Å². The van der Waals surface area contributed by atoms with Gasteiger partial charge in [0.05, 0.1) is 22.2 Å². The molecule has 0 spiro atoms. The Hall–Kier alpha value is -4.67. The lowest BCUT2D eigenvalue weighted by atomic mass is 10.2. The van der Waals surface area contributed by atoms with Crippen molar-refractivity contribution >= 4 is 44.6 Å². The van der Waals surface area contributed by atoms with Crippen LogP contribution < -0.4 is 4.72 Å². The molecule has 9 nitrogen and oxygen atoms in total. The third-order valence-electron chi connectivity index (χ3n) is 5.98. The van der Waals surface area contributed by atoms with Crippen LogP contribution in [-0.4, -0.2) is 67.4 Å². The van der Waals surface area contributed by atoms with Crippen molar-refractivity contribution < 1.29 is 18.0 Å². The Morgan fingerprint density at radius 3 is 2.43 bits per heavy atom. The first-order valence-electron chi connectivity index (χ1n) is 11.6. The molecule has 0 saturated carbocycles. The molecule has 184 valence electrons. The minimum Gasteiger partial charge on any atom is -0.337 e. The molecule has 1 fully saturated rings. The first-order chi connectivity index (χ1) is 17.9. The van der Waals surface area contributed by atoms with Crippen LogP contribution in [0.5, 0.6) is 0 Å². The maximum atomic E-state index is 13.1. The maximum Gasteiger partial charge on any atom is 0.281 e. The predicted molar refractivity (Wildman–Crippen MR) is 137 cm³/mol. The van der Waals surface area contributed by atoms with E-state index >= 15 is 0 Å². The van der Waals surface area contributed by atoms with Crippen LogP contribution in [0.25, 0.3) is 10.9 Å². The average molecular weight is 512 g/mol. The van der Waals surface area contributed by atoms with Gasteiger partial charge in [0.25, 0.3) is 21.8 Å². The minimum absolute atomic E-state index is 0.0172. The number of anilines is 1. The molecular weight excluding hydrogens is 490 g/mol. The van der Waals surface area contributed by atoms with Gasteiger partial charge in [-0.2, -0.15) is 0 Å². The predicted octanol–water partition coefficient (Wildman–Crippen LogP) is 2.59. The molecule has 1 saturated heterocycles. The van der Waals surface area contributed by atoms with Crippen molar-refractivity contribution in [3.8, 4) is 0 Å². The zero-order valence-corrected chi connectivity index (χ0v) is 20.5. The molecule has 2 aliphatic heterocycles. The first-order valence-corrected chi connectivity index (χ1v) is 13.0. The molecule has 3 aromatic rings. The summed E-state index contributed by atoms with van der Waals surface area (Å²) in [6, 6.07) is 16.5. The molecule has 0 bridgehead atoms. The third kappa shape index (κ3) is 5.15. The number of nitrogens with one attached hydrogen (secondary N) is 1. The topological polar surface area (TPSA) is 112 Å². The van der Waals surface area contributed by atoms with Crippen molar-refractivity contribution in [2.75, 3.05) is 30.9 Å². The van der Waals surface area contributed by atoms with E-state index < -0.39 is 10.0 Å². The molecule has 2 aromatic carbocycles. The second-order valence-corrected chi connectivity index (χ2v) is 10.0. The number of hydrogen-bond donors (Lipinski definition) is 1. The number of benzene rings is 2. The molecule has 10 heteroatoms. The van der Waals surface area contributed by atoms with E-state index in [0.717, 1.165) is 0 Å². The van der Waals surface area contributed by atoms with E-state index in [-0.39, 0.29) is 22.4 Å². The largest absolute Gasteiger partial charge is 0.337 e. The number of aliphatic imine (C=N–C) groups is 1. The van der Waals surface area contributed by atoms with E-state index in [9.17, 15) is 18.0 Å². The molecule has 5 rings (SSSR count). The Bertz CT molecular complexity index is 1610. The number of para-hydroxylation sites is 1. The highest BCUT2D eigenvalue weighted by Crippen LogP contribution is 2.23.